The Bertz CT molecular complexity index is 804. The van der Waals surface area contributed by atoms with E-state index in [9.17, 15) is 22.5 Å². The standard InChI is InChI=1S/C23H34BF3NO4.K/c1-22(2,3)31-20(29)17-11-9-16(10-12-17)19-15-28(21(30)32-23(4,5)6)13-7-8-18(19)14-24(25,26)27;/h9-12,18-19H,7-8,13-15H2,1-6H3;/q-1;+1/t18-,19-;/m0./s1. The Hall–Kier alpha value is -0.549. The quantitative estimate of drug-likeness (QED) is 0.476. The fourth-order valence-corrected chi connectivity index (χ4v) is 3.92. The van der Waals surface area contributed by atoms with Crippen LogP contribution in [0.3, 0.4) is 0 Å². The number of carbonyl (C=O) groups excluding carboxylic acids is 2. The predicted octanol–water partition coefficient (Wildman–Crippen LogP) is 3.22. The van der Waals surface area contributed by atoms with Gasteiger partial charge in [-0.25, -0.2) is 9.59 Å². The molecule has 0 aromatic heterocycles. The molecule has 0 saturated carbocycles. The van der Waals surface area contributed by atoms with E-state index in [1.54, 1.807) is 65.8 Å². The minimum atomic E-state index is -4.97. The Balaban J connectivity index is 0.00000544. The molecule has 5 nitrogen and oxygen atoms in total. The van der Waals surface area contributed by atoms with Crippen LogP contribution in [0.1, 0.15) is 76.2 Å². The first-order valence-corrected chi connectivity index (χ1v) is 11.1. The average molecular weight is 495 g/mol. The molecule has 0 radical (unpaired) electrons. The summed E-state index contributed by atoms with van der Waals surface area (Å²) in [5.74, 6) is -1.65. The van der Waals surface area contributed by atoms with Crippen molar-refractivity contribution in [3.05, 3.63) is 35.4 Å². The van der Waals surface area contributed by atoms with Gasteiger partial charge < -0.3 is 27.3 Å². The fourth-order valence-electron chi connectivity index (χ4n) is 3.92. The predicted molar refractivity (Wildman–Crippen MR) is 119 cm³/mol. The molecule has 33 heavy (non-hydrogen) atoms. The molecule has 0 spiro atoms. The largest absolute Gasteiger partial charge is 1.00 e. The maximum atomic E-state index is 13.4. The molecule has 1 aromatic carbocycles. The second-order valence-corrected chi connectivity index (χ2v) is 10.5. The van der Waals surface area contributed by atoms with Gasteiger partial charge >= 0.3 is 70.4 Å². The first kappa shape index (κ1) is 30.5. The van der Waals surface area contributed by atoms with Gasteiger partial charge in [0.1, 0.15) is 11.2 Å². The summed E-state index contributed by atoms with van der Waals surface area (Å²) in [4.78, 5) is 26.4. The zero-order valence-corrected chi connectivity index (χ0v) is 23.9. The smallest absolute Gasteiger partial charge is 0.456 e. The molecule has 180 valence electrons. The van der Waals surface area contributed by atoms with Gasteiger partial charge in [0.05, 0.1) is 5.56 Å². The summed E-state index contributed by atoms with van der Waals surface area (Å²) in [6, 6.07) is 6.47. The summed E-state index contributed by atoms with van der Waals surface area (Å²) < 4.78 is 50.9. The Kier molecular flexibility index (Phi) is 11.0. The molecular formula is C23H34BF3KNO4. The molecule has 10 heteroatoms. The Morgan fingerprint density at radius 1 is 1.00 bits per heavy atom. The summed E-state index contributed by atoms with van der Waals surface area (Å²) in [5, 5.41) is 0. The molecule has 1 fully saturated rings. The van der Waals surface area contributed by atoms with Crippen LogP contribution >= 0.6 is 0 Å². The van der Waals surface area contributed by atoms with Crippen LogP contribution in [0.4, 0.5) is 17.7 Å². The number of halogens is 3. The van der Waals surface area contributed by atoms with E-state index in [4.69, 9.17) is 9.47 Å². The van der Waals surface area contributed by atoms with Crippen LogP contribution in [0.25, 0.3) is 0 Å². The summed E-state index contributed by atoms with van der Waals surface area (Å²) in [6.07, 6.45) is -0.548. The zero-order valence-electron chi connectivity index (χ0n) is 20.8. The van der Waals surface area contributed by atoms with E-state index in [0.29, 0.717) is 30.5 Å². The molecule has 0 aliphatic carbocycles. The zero-order chi connectivity index (χ0) is 24.3. The van der Waals surface area contributed by atoms with Crippen molar-refractivity contribution in [3.63, 3.8) is 0 Å². The molecule has 1 aromatic rings. The Morgan fingerprint density at radius 2 is 1.55 bits per heavy atom. The molecule has 2 atom stereocenters. The van der Waals surface area contributed by atoms with Gasteiger partial charge in [-0.15, -0.1) is 0 Å². The van der Waals surface area contributed by atoms with Gasteiger partial charge in [-0.1, -0.05) is 30.8 Å². The van der Waals surface area contributed by atoms with Gasteiger partial charge in [-0.2, -0.15) is 0 Å². The molecule has 0 bridgehead atoms. The summed E-state index contributed by atoms with van der Waals surface area (Å²) in [6.45, 7) is 6.07. The minimum Gasteiger partial charge on any atom is -0.456 e. The van der Waals surface area contributed by atoms with E-state index in [0.717, 1.165) is 0 Å². The van der Waals surface area contributed by atoms with Gasteiger partial charge in [0.25, 0.3) is 0 Å². The topological polar surface area (TPSA) is 55.8 Å². The third kappa shape index (κ3) is 10.7. The summed E-state index contributed by atoms with van der Waals surface area (Å²) in [5.41, 5.74) is -0.344. The molecule has 1 heterocycles. The van der Waals surface area contributed by atoms with Gasteiger partial charge in [0.15, 0.2) is 0 Å². The summed E-state index contributed by atoms with van der Waals surface area (Å²) in [7, 11) is 0. The number of hydrogen-bond donors (Lipinski definition) is 0. The molecule has 0 unspecified atom stereocenters. The normalized spacial score (nSPS) is 19.8. The number of benzene rings is 1. The van der Waals surface area contributed by atoms with Crippen molar-refractivity contribution in [1.82, 2.24) is 4.90 Å². The number of esters is 1. The van der Waals surface area contributed by atoms with E-state index in [-0.39, 0.29) is 57.9 Å². The average Bonchev–Trinajstić information content (AvgIpc) is 2.80. The number of nitrogens with zero attached hydrogens (tertiary/aromatic N) is 1. The molecule has 1 aliphatic heterocycles. The Morgan fingerprint density at radius 3 is 2.03 bits per heavy atom. The monoisotopic (exact) mass is 495 g/mol. The molecular weight excluding hydrogens is 461 g/mol. The number of ether oxygens (including phenoxy) is 2. The van der Waals surface area contributed by atoms with E-state index >= 15 is 0 Å². The van der Waals surface area contributed by atoms with Crippen LogP contribution in [-0.4, -0.2) is 48.2 Å². The SMILES string of the molecule is CC(C)(C)OC(=O)c1ccc([C@@H]2CN(C(=O)OC(C)(C)C)CCC[C@H]2C[B-](F)(F)F)cc1.[K+]. The van der Waals surface area contributed by atoms with Crippen LogP contribution in [0.2, 0.25) is 6.32 Å². The summed E-state index contributed by atoms with van der Waals surface area (Å²) >= 11 is 0. The van der Waals surface area contributed by atoms with Crippen molar-refractivity contribution in [2.24, 2.45) is 5.92 Å². The van der Waals surface area contributed by atoms with Crippen molar-refractivity contribution in [1.29, 1.82) is 0 Å². The van der Waals surface area contributed by atoms with Crippen molar-refractivity contribution >= 4 is 19.0 Å². The van der Waals surface area contributed by atoms with Crippen LogP contribution in [0.15, 0.2) is 24.3 Å². The first-order chi connectivity index (χ1) is 14.5. The molecule has 1 amide bonds. The Labute approximate surface area is 237 Å². The van der Waals surface area contributed by atoms with Crippen LogP contribution in [0.5, 0.6) is 0 Å². The maximum Gasteiger partial charge on any atom is 1.00 e. The fraction of sp³-hybridized carbons (Fsp3) is 0.652. The van der Waals surface area contributed by atoms with Crippen molar-refractivity contribution in [2.45, 2.75) is 77.8 Å². The van der Waals surface area contributed by atoms with E-state index in [1.807, 2.05) is 0 Å². The van der Waals surface area contributed by atoms with E-state index in [2.05, 4.69) is 0 Å². The van der Waals surface area contributed by atoms with Gasteiger partial charge in [-0.05, 0) is 65.7 Å². The minimum absolute atomic E-state index is 0. The van der Waals surface area contributed by atoms with Crippen molar-refractivity contribution in [2.75, 3.05) is 13.1 Å². The van der Waals surface area contributed by atoms with Crippen LogP contribution < -0.4 is 51.4 Å². The number of rotatable bonds is 4. The second-order valence-electron chi connectivity index (χ2n) is 10.5. The van der Waals surface area contributed by atoms with Gasteiger partial charge in [0, 0.05) is 19.0 Å². The van der Waals surface area contributed by atoms with Crippen LogP contribution in [-0.2, 0) is 9.47 Å². The van der Waals surface area contributed by atoms with Gasteiger partial charge in [0.2, 0.25) is 0 Å². The van der Waals surface area contributed by atoms with Crippen molar-refractivity contribution in [3.8, 4) is 0 Å². The van der Waals surface area contributed by atoms with E-state index in [1.165, 1.54) is 4.90 Å². The second kappa shape index (κ2) is 11.9. The van der Waals surface area contributed by atoms with Gasteiger partial charge in [-0.3, -0.25) is 0 Å². The van der Waals surface area contributed by atoms with Crippen LogP contribution in [0, 0.1) is 5.92 Å². The van der Waals surface area contributed by atoms with Crippen molar-refractivity contribution < 1.29 is 83.4 Å². The molecule has 1 saturated heterocycles. The molecule has 0 N–H and O–H groups in total. The number of hydrogen-bond acceptors (Lipinski definition) is 4. The third-order valence-electron chi connectivity index (χ3n) is 5.18. The number of carbonyl (C=O) groups is 2. The molecule has 2 rings (SSSR count). The maximum absolute atomic E-state index is 13.4. The van der Waals surface area contributed by atoms with E-state index < -0.39 is 48.4 Å². The number of likely N-dealkylation sites (tertiary alicyclic amines) is 1. The third-order valence-corrected chi connectivity index (χ3v) is 5.18. The number of amides is 1. The molecule has 1 aliphatic rings. The first-order valence-electron chi connectivity index (χ1n) is 11.1.